The smallest absolute Gasteiger partial charge is 0.154 e. The van der Waals surface area contributed by atoms with Crippen molar-refractivity contribution in [2.24, 2.45) is 4.99 Å². The predicted octanol–water partition coefficient (Wildman–Crippen LogP) is 1.32. The summed E-state index contributed by atoms with van der Waals surface area (Å²) in [4.78, 5) is 8.71. The third kappa shape index (κ3) is 1.75. The maximum absolute atomic E-state index is 4.48. The van der Waals surface area contributed by atoms with Gasteiger partial charge in [-0.3, -0.25) is 0 Å². The molecular formula is C10H13N3. The zero-order valence-electron chi connectivity index (χ0n) is 7.75. The van der Waals surface area contributed by atoms with Crippen LogP contribution in [0.25, 0.3) is 0 Å². The maximum Gasteiger partial charge on any atom is 0.154 e. The van der Waals surface area contributed by atoms with Crippen LogP contribution in [0.1, 0.15) is 12.0 Å². The average Bonchev–Trinajstić information content (AvgIpc) is 2.18. The summed E-state index contributed by atoms with van der Waals surface area (Å²) in [6.07, 6.45) is 3.92. The molecule has 3 heteroatoms. The minimum absolute atomic E-state index is 0.871. The summed E-state index contributed by atoms with van der Waals surface area (Å²) in [6, 6.07) is 4.07. The summed E-state index contributed by atoms with van der Waals surface area (Å²) in [5.41, 5.74) is 2.47. The van der Waals surface area contributed by atoms with Gasteiger partial charge in [-0.1, -0.05) is 6.07 Å². The number of aromatic nitrogens is 1. The lowest BCUT2D eigenvalue weighted by Gasteiger charge is -2.13. The number of nitrogens with zero attached hydrogens (tertiary/aromatic N) is 2. The van der Waals surface area contributed by atoms with Crippen molar-refractivity contribution in [2.75, 3.05) is 13.6 Å². The first kappa shape index (κ1) is 8.38. The van der Waals surface area contributed by atoms with Gasteiger partial charge in [-0.25, -0.2) is 9.98 Å². The molecular weight excluding hydrogens is 162 g/mol. The first-order chi connectivity index (χ1) is 6.40. The molecule has 68 valence electrons. The van der Waals surface area contributed by atoms with Crippen LogP contribution in [0.4, 0.5) is 5.82 Å². The van der Waals surface area contributed by atoms with E-state index in [-0.39, 0.29) is 0 Å². The second-order valence-electron chi connectivity index (χ2n) is 3.19. The fourth-order valence-electron chi connectivity index (χ4n) is 1.54. The highest BCUT2D eigenvalue weighted by Crippen LogP contribution is 2.21. The van der Waals surface area contributed by atoms with Gasteiger partial charge < -0.3 is 5.32 Å². The van der Waals surface area contributed by atoms with Crippen LogP contribution in [0.3, 0.4) is 0 Å². The number of pyridine rings is 1. The van der Waals surface area contributed by atoms with Crippen molar-refractivity contribution in [2.45, 2.75) is 12.8 Å². The van der Waals surface area contributed by atoms with E-state index >= 15 is 0 Å². The summed E-state index contributed by atoms with van der Waals surface area (Å²) in [5, 5.41) is 3.11. The van der Waals surface area contributed by atoms with E-state index in [0.29, 0.717) is 0 Å². The van der Waals surface area contributed by atoms with Crippen molar-refractivity contribution in [3.05, 3.63) is 23.9 Å². The van der Waals surface area contributed by atoms with Gasteiger partial charge >= 0.3 is 0 Å². The SMILES string of the molecule is CNCC1=Nc2ncccc2CC1. The monoisotopic (exact) mass is 175 g/mol. The molecule has 13 heavy (non-hydrogen) atoms. The summed E-state index contributed by atoms with van der Waals surface area (Å²) in [6.45, 7) is 0.871. The topological polar surface area (TPSA) is 37.3 Å². The third-order valence-corrected chi connectivity index (χ3v) is 2.20. The number of aliphatic imine (C=N–C) groups is 1. The molecule has 0 unspecified atom stereocenters. The standard InChI is InChI=1S/C10H13N3/c1-11-7-9-5-4-8-3-2-6-12-10(8)13-9/h2-3,6,11H,4-5,7H2,1H3. The molecule has 0 atom stereocenters. The van der Waals surface area contributed by atoms with Crippen LogP contribution in [0, 0.1) is 0 Å². The Balaban J connectivity index is 2.28. The highest BCUT2D eigenvalue weighted by molar-refractivity contribution is 5.90. The Morgan fingerprint density at radius 3 is 3.23 bits per heavy atom. The van der Waals surface area contributed by atoms with Gasteiger partial charge in [0.05, 0.1) is 0 Å². The highest BCUT2D eigenvalue weighted by atomic mass is 14.9. The van der Waals surface area contributed by atoms with Crippen molar-refractivity contribution >= 4 is 11.5 Å². The van der Waals surface area contributed by atoms with Gasteiger partial charge in [0.1, 0.15) is 0 Å². The fourth-order valence-corrected chi connectivity index (χ4v) is 1.54. The largest absolute Gasteiger partial charge is 0.315 e. The summed E-state index contributed by atoms with van der Waals surface area (Å²) < 4.78 is 0. The first-order valence-electron chi connectivity index (χ1n) is 4.55. The Kier molecular flexibility index (Phi) is 2.36. The van der Waals surface area contributed by atoms with Gasteiger partial charge in [-0.15, -0.1) is 0 Å². The van der Waals surface area contributed by atoms with Gasteiger partial charge in [-0.05, 0) is 31.5 Å². The Morgan fingerprint density at radius 1 is 1.46 bits per heavy atom. The van der Waals surface area contributed by atoms with Crippen LogP contribution in [-0.4, -0.2) is 24.3 Å². The lowest BCUT2D eigenvalue weighted by molar-refractivity contribution is 0.889. The van der Waals surface area contributed by atoms with Crippen LogP contribution < -0.4 is 5.32 Å². The molecule has 0 amide bonds. The quantitative estimate of drug-likeness (QED) is 0.736. The normalized spacial score (nSPS) is 15.0. The Morgan fingerprint density at radius 2 is 2.38 bits per heavy atom. The number of hydrogen-bond donors (Lipinski definition) is 1. The first-order valence-corrected chi connectivity index (χ1v) is 4.55. The molecule has 0 spiro atoms. The third-order valence-electron chi connectivity index (χ3n) is 2.20. The Labute approximate surface area is 77.9 Å². The van der Waals surface area contributed by atoms with E-state index in [1.807, 2.05) is 13.1 Å². The zero-order chi connectivity index (χ0) is 9.10. The fraction of sp³-hybridized carbons (Fsp3) is 0.400. The van der Waals surface area contributed by atoms with Crippen molar-refractivity contribution < 1.29 is 0 Å². The van der Waals surface area contributed by atoms with Gasteiger partial charge in [0, 0.05) is 18.5 Å². The number of rotatable bonds is 2. The van der Waals surface area contributed by atoms with Gasteiger partial charge in [0.2, 0.25) is 0 Å². The lowest BCUT2D eigenvalue weighted by atomic mass is 10.0. The highest BCUT2D eigenvalue weighted by Gasteiger charge is 2.10. The molecule has 1 aromatic rings. The van der Waals surface area contributed by atoms with Crippen LogP contribution in [0.2, 0.25) is 0 Å². The number of nitrogens with one attached hydrogen (secondary N) is 1. The molecule has 3 nitrogen and oxygen atoms in total. The van der Waals surface area contributed by atoms with Crippen LogP contribution in [0.15, 0.2) is 23.3 Å². The molecule has 0 radical (unpaired) electrons. The van der Waals surface area contributed by atoms with Gasteiger partial charge in [0.25, 0.3) is 0 Å². The maximum atomic E-state index is 4.48. The molecule has 0 bridgehead atoms. The van der Waals surface area contributed by atoms with Crippen molar-refractivity contribution in [1.82, 2.24) is 10.3 Å². The van der Waals surface area contributed by atoms with E-state index in [9.17, 15) is 0 Å². The van der Waals surface area contributed by atoms with Crippen LogP contribution in [0.5, 0.6) is 0 Å². The molecule has 1 aliphatic rings. The minimum Gasteiger partial charge on any atom is -0.315 e. The van der Waals surface area contributed by atoms with Crippen molar-refractivity contribution in [1.29, 1.82) is 0 Å². The molecule has 1 aliphatic heterocycles. The average molecular weight is 175 g/mol. The van der Waals surface area contributed by atoms with Crippen LogP contribution in [-0.2, 0) is 6.42 Å². The molecule has 0 aromatic carbocycles. The van der Waals surface area contributed by atoms with E-state index in [2.05, 4.69) is 21.4 Å². The van der Waals surface area contributed by atoms with E-state index in [0.717, 1.165) is 25.2 Å². The number of hydrogen-bond acceptors (Lipinski definition) is 3. The molecule has 0 aliphatic carbocycles. The number of aryl methyl sites for hydroxylation is 1. The van der Waals surface area contributed by atoms with E-state index in [1.165, 1.54) is 11.3 Å². The van der Waals surface area contributed by atoms with Crippen LogP contribution >= 0.6 is 0 Å². The predicted molar refractivity (Wildman–Crippen MR) is 53.6 cm³/mol. The molecule has 2 heterocycles. The molecule has 0 saturated heterocycles. The van der Waals surface area contributed by atoms with Crippen molar-refractivity contribution in [3.63, 3.8) is 0 Å². The molecule has 1 aromatic heterocycles. The summed E-state index contributed by atoms with van der Waals surface area (Å²) >= 11 is 0. The van der Waals surface area contributed by atoms with Crippen molar-refractivity contribution in [3.8, 4) is 0 Å². The molecule has 2 rings (SSSR count). The second-order valence-corrected chi connectivity index (χ2v) is 3.19. The Hall–Kier alpha value is -1.22. The van der Waals surface area contributed by atoms with Gasteiger partial charge in [-0.2, -0.15) is 0 Å². The Bertz CT molecular complexity index is 331. The summed E-state index contributed by atoms with van der Waals surface area (Å²) in [5.74, 6) is 0.902. The van der Waals surface area contributed by atoms with E-state index in [1.54, 1.807) is 6.20 Å². The molecule has 1 N–H and O–H groups in total. The molecule has 0 fully saturated rings. The minimum atomic E-state index is 0.871. The lowest BCUT2D eigenvalue weighted by Crippen LogP contribution is -2.20. The summed E-state index contributed by atoms with van der Waals surface area (Å²) in [7, 11) is 1.94. The van der Waals surface area contributed by atoms with E-state index in [4.69, 9.17) is 0 Å². The molecule has 0 saturated carbocycles. The van der Waals surface area contributed by atoms with E-state index < -0.39 is 0 Å². The second kappa shape index (κ2) is 3.66. The van der Waals surface area contributed by atoms with Gasteiger partial charge in [0.15, 0.2) is 5.82 Å². The zero-order valence-corrected chi connectivity index (χ0v) is 7.75. The number of fused-ring (bicyclic) bond motifs is 1.